The molecule has 0 unspecified atom stereocenters. The zero-order valence-electron chi connectivity index (χ0n) is 13.5. The zero-order chi connectivity index (χ0) is 15.9. The van der Waals surface area contributed by atoms with Gasteiger partial charge >= 0.3 is 0 Å². The molecule has 0 atom stereocenters. The molecule has 1 N–H and O–H groups in total. The minimum absolute atomic E-state index is 0.147. The van der Waals surface area contributed by atoms with Gasteiger partial charge in [0.15, 0.2) is 0 Å². The van der Waals surface area contributed by atoms with Crippen molar-refractivity contribution >= 4 is 28.6 Å². The second-order valence-electron chi connectivity index (χ2n) is 6.23. The first-order chi connectivity index (χ1) is 11.3. The summed E-state index contributed by atoms with van der Waals surface area (Å²) in [6.45, 7) is 0. The minimum Gasteiger partial charge on any atom is -0.353 e. The van der Waals surface area contributed by atoms with Crippen molar-refractivity contribution in [1.82, 2.24) is 10.3 Å². The Balaban J connectivity index is 1.55. The van der Waals surface area contributed by atoms with E-state index >= 15 is 0 Å². The van der Waals surface area contributed by atoms with Crippen LogP contribution in [0.2, 0.25) is 0 Å². The Labute approximate surface area is 142 Å². The fraction of sp³-hybridized carbons (Fsp3) is 0.474. The van der Waals surface area contributed by atoms with E-state index < -0.39 is 0 Å². The highest BCUT2D eigenvalue weighted by Gasteiger charge is 2.14. The molecule has 1 aromatic carbocycles. The summed E-state index contributed by atoms with van der Waals surface area (Å²) in [5, 5.41) is 4.35. The van der Waals surface area contributed by atoms with Gasteiger partial charge in [0.25, 0.3) is 0 Å². The molecule has 0 saturated heterocycles. The Morgan fingerprint density at radius 1 is 1.09 bits per heavy atom. The standard InChI is InChI=1S/C19H24N2OS/c22-18(21-16-10-4-2-1-3-5-11-16)14-23-17-12-6-8-15-9-7-13-20-19(15)17/h6-9,12-13,16H,1-5,10-11,14H2,(H,21,22). The van der Waals surface area contributed by atoms with Gasteiger partial charge in [-0.15, -0.1) is 11.8 Å². The molecule has 0 bridgehead atoms. The Morgan fingerprint density at radius 3 is 2.65 bits per heavy atom. The van der Waals surface area contributed by atoms with Gasteiger partial charge < -0.3 is 5.32 Å². The number of nitrogens with one attached hydrogen (secondary N) is 1. The van der Waals surface area contributed by atoms with Gasteiger partial charge in [0, 0.05) is 22.5 Å². The summed E-state index contributed by atoms with van der Waals surface area (Å²) in [4.78, 5) is 17.8. The number of hydrogen-bond acceptors (Lipinski definition) is 3. The van der Waals surface area contributed by atoms with Crippen LogP contribution in [0.1, 0.15) is 44.9 Å². The maximum Gasteiger partial charge on any atom is 0.230 e. The summed E-state index contributed by atoms with van der Waals surface area (Å²) in [6.07, 6.45) is 10.5. The van der Waals surface area contributed by atoms with Crippen molar-refractivity contribution in [2.45, 2.75) is 55.9 Å². The number of nitrogens with zero attached hydrogens (tertiary/aromatic N) is 1. The molecule has 1 aliphatic rings. The van der Waals surface area contributed by atoms with Gasteiger partial charge in [0.1, 0.15) is 0 Å². The summed E-state index contributed by atoms with van der Waals surface area (Å²) >= 11 is 1.58. The van der Waals surface area contributed by atoms with Crippen molar-refractivity contribution in [3.63, 3.8) is 0 Å². The molecule has 1 saturated carbocycles. The number of fused-ring (bicyclic) bond motifs is 1. The second-order valence-corrected chi connectivity index (χ2v) is 7.25. The number of benzene rings is 1. The fourth-order valence-corrected chi connectivity index (χ4v) is 4.06. The Hall–Kier alpha value is -1.55. The number of hydrogen-bond donors (Lipinski definition) is 1. The first-order valence-electron chi connectivity index (χ1n) is 8.59. The predicted octanol–water partition coefficient (Wildman–Crippen LogP) is 4.56. The Bertz CT molecular complexity index is 645. The number of carbonyl (C=O) groups excluding carboxylic acids is 1. The molecule has 1 heterocycles. The minimum atomic E-state index is 0.147. The molecule has 1 aromatic heterocycles. The third-order valence-electron chi connectivity index (χ3n) is 4.42. The molecule has 3 rings (SSSR count). The highest BCUT2D eigenvalue weighted by Crippen LogP contribution is 2.26. The number of amides is 1. The van der Waals surface area contributed by atoms with Crippen molar-refractivity contribution in [3.8, 4) is 0 Å². The van der Waals surface area contributed by atoms with Crippen molar-refractivity contribution in [2.24, 2.45) is 0 Å². The number of para-hydroxylation sites is 1. The second kappa shape index (κ2) is 8.34. The molecular weight excluding hydrogens is 304 g/mol. The lowest BCUT2D eigenvalue weighted by atomic mass is 9.97. The predicted molar refractivity (Wildman–Crippen MR) is 96.7 cm³/mol. The van der Waals surface area contributed by atoms with Crippen LogP contribution in [0.15, 0.2) is 41.4 Å². The van der Waals surface area contributed by atoms with E-state index in [0.29, 0.717) is 11.8 Å². The Kier molecular flexibility index (Phi) is 5.92. The summed E-state index contributed by atoms with van der Waals surface area (Å²) < 4.78 is 0. The SMILES string of the molecule is O=C(CSc1cccc2cccnc12)NC1CCCCCCC1. The third-order valence-corrected chi connectivity index (χ3v) is 5.47. The molecule has 1 aliphatic carbocycles. The largest absolute Gasteiger partial charge is 0.353 e. The van der Waals surface area contributed by atoms with E-state index in [2.05, 4.69) is 22.4 Å². The normalized spacial score (nSPS) is 16.7. The smallest absolute Gasteiger partial charge is 0.230 e. The lowest BCUT2D eigenvalue weighted by Gasteiger charge is -2.21. The number of pyridine rings is 1. The average Bonchev–Trinajstić information content (AvgIpc) is 2.55. The molecule has 0 spiro atoms. The van der Waals surface area contributed by atoms with Crippen molar-refractivity contribution in [1.29, 1.82) is 0 Å². The fourth-order valence-electron chi connectivity index (χ4n) is 3.21. The van der Waals surface area contributed by atoms with Crippen molar-refractivity contribution < 1.29 is 4.79 Å². The van der Waals surface area contributed by atoms with Crippen molar-refractivity contribution in [2.75, 3.05) is 5.75 Å². The van der Waals surface area contributed by atoms with Crippen LogP contribution in [0.5, 0.6) is 0 Å². The lowest BCUT2D eigenvalue weighted by molar-refractivity contribution is -0.119. The van der Waals surface area contributed by atoms with Crippen LogP contribution in [-0.2, 0) is 4.79 Å². The molecule has 4 heteroatoms. The van der Waals surface area contributed by atoms with Gasteiger partial charge in [0.05, 0.1) is 11.3 Å². The van der Waals surface area contributed by atoms with E-state index in [-0.39, 0.29) is 5.91 Å². The molecule has 3 nitrogen and oxygen atoms in total. The first-order valence-corrected chi connectivity index (χ1v) is 9.57. The summed E-state index contributed by atoms with van der Waals surface area (Å²) in [6, 6.07) is 10.5. The number of carbonyl (C=O) groups is 1. The van der Waals surface area contributed by atoms with Gasteiger partial charge in [-0.05, 0) is 25.0 Å². The molecule has 2 aromatic rings. The van der Waals surface area contributed by atoms with E-state index in [4.69, 9.17) is 0 Å². The number of rotatable bonds is 4. The molecule has 0 aliphatic heterocycles. The first kappa shape index (κ1) is 16.3. The van der Waals surface area contributed by atoms with E-state index in [1.807, 2.05) is 18.2 Å². The van der Waals surface area contributed by atoms with Crippen LogP contribution in [0.4, 0.5) is 0 Å². The summed E-state index contributed by atoms with van der Waals surface area (Å²) in [7, 11) is 0. The maximum atomic E-state index is 12.3. The monoisotopic (exact) mass is 328 g/mol. The third kappa shape index (κ3) is 4.71. The van der Waals surface area contributed by atoms with Crippen LogP contribution in [0, 0.1) is 0 Å². The topological polar surface area (TPSA) is 42.0 Å². The average molecular weight is 328 g/mol. The molecule has 1 fully saturated rings. The van der Waals surface area contributed by atoms with Crippen LogP contribution in [0.3, 0.4) is 0 Å². The highest BCUT2D eigenvalue weighted by atomic mass is 32.2. The quantitative estimate of drug-likeness (QED) is 0.837. The number of aromatic nitrogens is 1. The van der Waals surface area contributed by atoms with Gasteiger partial charge in [-0.3, -0.25) is 9.78 Å². The summed E-state index contributed by atoms with van der Waals surface area (Å²) in [5.74, 6) is 0.611. The van der Waals surface area contributed by atoms with E-state index in [1.165, 1.54) is 32.1 Å². The van der Waals surface area contributed by atoms with Crippen LogP contribution < -0.4 is 5.32 Å². The Morgan fingerprint density at radius 2 is 1.83 bits per heavy atom. The highest BCUT2D eigenvalue weighted by molar-refractivity contribution is 8.00. The van der Waals surface area contributed by atoms with E-state index in [0.717, 1.165) is 28.6 Å². The van der Waals surface area contributed by atoms with Gasteiger partial charge in [-0.25, -0.2) is 0 Å². The zero-order valence-corrected chi connectivity index (χ0v) is 14.3. The van der Waals surface area contributed by atoms with E-state index in [9.17, 15) is 4.79 Å². The molecule has 23 heavy (non-hydrogen) atoms. The van der Waals surface area contributed by atoms with Crippen molar-refractivity contribution in [3.05, 3.63) is 36.5 Å². The molecular formula is C19H24N2OS. The van der Waals surface area contributed by atoms with E-state index in [1.54, 1.807) is 18.0 Å². The van der Waals surface area contributed by atoms with Gasteiger partial charge in [0.2, 0.25) is 5.91 Å². The molecule has 1 amide bonds. The number of thioether (sulfide) groups is 1. The molecule has 122 valence electrons. The maximum absolute atomic E-state index is 12.3. The van der Waals surface area contributed by atoms with Crippen LogP contribution >= 0.6 is 11.8 Å². The van der Waals surface area contributed by atoms with Crippen LogP contribution in [-0.4, -0.2) is 22.7 Å². The molecule has 0 radical (unpaired) electrons. The van der Waals surface area contributed by atoms with Crippen LogP contribution in [0.25, 0.3) is 10.9 Å². The lowest BCUT2D eigenvalue weighted by Crippen LogP contribution is -2.36. The van der Waals surface area contributed by atoms with Gasteiger partial charge in [-0.2, -0.15) is 0 Å². The summed E-state index contributed by atoms with van der Waals surface area (Å²) in [5.41, 5.74) is 0.985. The van der Waals surface area contributed by atoms with Gasteiger partial charge in [-0.1, -0.05) is 50.3 Å².